The summed E-state index contributed by atoms with van der Waals surface area (Å²) in [6, 6.07) is 2.04. The molecule has 0 amide bonds. The van der Waals surface area contributed by atoms with Crippen LogP contribution in [0.3, 0.4) is 0 Å². The van der Waals surface area contributed by atoms with E-state index in [9.17, 15) is 13.2 Å². The van der Waals surface area contributed by atoms with E-state index >= 15 is 0 Å². The normalized spacial score (nSPS) is 12.3. The predicted molar refractivity (Wildman–Crippen MR) is 42.7 cm³/mol. The van der Waals surface area contributed by atoms with E-state index in [1.165, 1.54) is 10.7 Å². The first kappa shape index (κ1) is 8.98. The second-order valence-electron chi connectivity index (χ2n) is 2.94. The third kappa shape index (κ3) is 1.32. The van der Waals surface area contributed by atoms with E-state index in [2.05, 4.69) is 10.2 Å². The highest BCUT2D eigenvalue weighted by molar-refractivity contribution is 5.43. The van der Waals surface area contributed by atoms with Crippen LogP contribution in [0.25, 0.3) is 5.65 Å². The molecular weight excluding hydrogens is 195 g/mol. The van der Waals surface area contributed by atoms with E-state index in [0.717, 1.165) is 12.1 Å². The first-order valence-electron chi connectivity index (χ1n) is 3.86. The van der Waals surface area contributed by atoms with Crippen molar-refractivity contribution in [3.63, 3.8) is 0 Å². The second-order valence-corrected chi connectivity index (χ2v) is 2.94. The van der Waals surface area contributed by atoms with Gasteiger partial charge in [-0.1, -0.05) is 0 Å². The number of halogens is 3. The molecule has 0 fully saturated rings. The summed E-state index contributed by atoms with van der Waals surface area (Å²) in [4.78, 5) is 0. The van der Waals surface area contributed by atoms with Crippen molar-refractivity contribution < 1.29 is 13.2 Å². The molecule has 0 radical (unpaired) electrons. The number of hydrogen-bond acceptors (Lipinski definition) is 2. The summed E-state index contributed by atoms with van der Waals surface area (Å²) >= 11 is 0. The predicted octanol–water partition coefficient (Wildman–Crippen LogP) is 2.06. The van der Waals surface area contributed by atoms with E-state index in [-0.39, 0.29) is 5.65 Å². The van der Waals surface area contributed by atoms with Gasteiger partial charge in [0.15, 0.2) is 5.65 Å². The molecule has 0 bridgehead atoms. The molecule has 0 saturated heterocycles. The topological polar surface area (TPSA) is 30.2 Å². The van der Waals surface area contributed by atoms with Crippen LogP contribution in [0.2, 0.25) is 0 Å². The van der Waals surface area contributed by atoms with Crippen molar-refractivity contribution >= 4 is 5.65 Å². The Labute approximate surface area is 77.2 Å². The summed E-state index contributed by atoms with van der Waals surface area (Å²) in [6.45, 7) is 1.58. The van der Waals surface area contributed by atoms with E-state index in [0.29, 0.717) is 5.69 Å². The number of aromatic nitrogens is 3. The maximum absolute atomic E-state index is 12.3. The standard InChI is InChI=1S/C8H6F3N3/c1-5-2-6(8(9,10)11)3-7-13-12-4-14(5)7/h2-4H,1H3. The zero-order chi connectivity index (χ0) is 10.3. The molecule has 6 heteroatoms. The van der Waals surface area contributed by atoms with Gasteiger partial charge in [0.1, 0.15) is 6.33 Å². The van der Waals surface area contributed by atoms with E-state index < -0.39 is 11.7 Å². The van der Waals surface area contributed by atoms with Gasteiger partial charge in [0.25, 0.3) is 0 Å². The minimum absolute atomic E-state index is 0.206. The minimum Gasteiger partial charge on any atom is -0.286 e. The van der Waals surface area contributed by atoms with E-state index in [4.69, 9.17) is 0 Å². The highest BCUT2D eigenvalue weighted by Gasteiger charge is 2.31. The Hall–Kier alpha value is -1.59. The van der Waals surface area contributed by atoms with Gasteiger partial charge in [0.05, 0.1) is 5.56 Å². The summed E-state index contributed by atoms with van der Waals surface area (Å²) in [5, 5.41) is 7.10. The summed E-state index contributed by atoms with van der Waals surface area (Å²) in [6.07, 6.45) is -2.96. The summed E-state index contributed by atoms with van der Waals surface area (Å²) in [5.41, 5.74) is -0.0346. The number of alkyl halides is 3. The van der Waals surface area contributed by atoms with Crippen LogP contribution in [-0.2, 0) is 6.18 Å². The van der Waals surface area contributed by atoms with Crippen LogP contribution < -0.4 is 0 Å². The first-order valence-corrected chi connectivity index (χ1v) is 3.86. The van der Waals surface area contributed by atoms with Crippen LogP contribution in [0.5, 0.6) is 0 Å². The number of aryl methyl sites for hydroxylation is 1. The van der Waals surface area contributed by atoms with Gasteiger partial charge in [0, 0.05) is 5.69 Å². The van der Waals surface area contributed by atoms with Crippen molar-refractivity contribution in [1.82, 2.24) is 14.6 Å². The van der Waals surface area contributed by atoms with Crippen LogP contribution in [-0.4, -0.2) is 14.6 Å². The Morgan fingerprint density at radius 3 is 2.64 bits per heavy atom. The van der Waals surface area contributed by atoms with Gasteiger partial charge in [-0.2, -0.15) is 13.2 Å². The fourth-order valence-electron chi connectivity index (χ4n) is 1.25. The third-order valence-corrected chi connectivity index (χ3v) is 1.93. The highest BCUT2D eigenvalue weighted by atomic mass is 19.4. The zero-order valence-corrected chi connectivity index (χ0v) is 7.21. The Balaban J connectivity index is 2.70. The zero-order valence-electron chi connectivity index (χ0n) is 7.21. The number of rotatable bonds is 0. The van der Waals surface area contributed by atoms with Crippen LogP contribution in [0, 0.1) is 6.92 Å². The molecule has 0 aliphatic rings. The summed E-state index contributed by atoms with van der Waals surface area (Å²) in [7, 11) is 0. The fourth-order valence-corrected chi connectivity index (χ4v) is 1.25. The minimum atomic E-state index is -4.33. The molecule has 0 unspecified atom stereocenters. The quantitative estimate of drug-likeness (QED) is 0.653. The smallest absolute Gasteiger partial charge is 0.286 e. The van der Waals surface area contributed by atoms with Crippen LogP contribution >= 0.6 is 0 Å². The monoisotopic (exact) mass is 201 g/mol. The largest absolute Gasteiger partial charge is 0.416 e. The van der Waals surface area contributed by atoms with Crippen molar-refractivity contribution in [3.8, 4) is 0 Å². The molecule has 0 aromatic carbocycles. The highest BCUT2D eigenvalue weighted by Crippen LogP contribution is 2.30. The third-order valence-electron chi connectivity index (χ3n) is 1.93. The average molecular weight is 201 g/mol. The molecule has 2 rings (SSSR count). The number of hydrogen-bond donors (Lipinski definition) is 0. The lowest BCUT2D eigenvalue weighted by Crippen LogP contribution is -2.06. The van der Waals surface area contributed by atoms with Crippen molar-refractivity contribution in [2.75, 3.05) is 0 Å². The lowest BCUT2D eigenvalue weighted by molar-refractivity contribution is -0.137. The van der Waals surface area contributed by atoms with Crippen LogP contribution in [0.1, 0.15) is 11.3 Å². The maximum atomic E-state index is 12.3. The Morgan fingerprint density at radius 1 is 1.29 bits per heavy atom. The molecule has 2 aromatic rings. The van der Waals surface area contributed by atoms with Gasteiger partial charge in [-0.3, -0.25) is 4.40 Å². The average Bonchev–Trinajstić information content (AvgIpc) is 2.50. The van der Waals surface area contributed by atoms with E-state index in [1.807, 2.05) is 0 Å². The Bertz CT molecular complexity index is 472. The van der Waals surface area contributed by atoms with Gasteiger partial charge < -0.3 is 0 Å². The van der Waals surface area contributed by atoms with Crippen molar-refractivity contribution in [2.45, 2.75) is 13.1 Å². The second kappa shape index (κ2) is 2.70. The molecule has 0 spiro atoms. The van der Waals surface area contributed by atoms with Gasteiger partial charge >= 0.3 is 6.18 Å². The van der Waals surface area contributed by atoms with Crippen LogP contribution in [0.4, 0.5) is 13.2 Å². The number of pyridine rings is 1. The fraction of sp³-hybridized carbons (Fsp3) is 0.250. The van der Waals surface area contributed by atoms with Crippen molar-refractivity contribution in [1.29, 1.82) is 0 Å². The number of fused-ring (bicyclic) bond motifs is 1. The summed E-state index contributed by atoms with van der Waals surface area (Å²) in [5.74, 6) is 0. The molecule has 0 N–H and O–H groups in total. The molecule has 74 valence electrons. The van der Waals surface area contributed by atoms with Gasteiger partial charge in [0.2, 0.25) is 0 Å². The van der Waals surface area contributed by atoms with Gasteiger partial charge in [-0.25, -0.2) is 0 Å². The molecular formula is C8H6F3N3. The Morgan fingerprint density at radius 2 is 2.00 bits per heavy atom. The maximum Gasteiger partial charge on any atom is 0.416 e. The molecule has 2 aromatic heterocycles. The molecule has 0 atom stereocenters. The first-order chi connectivity index (χ1) is 6.48. The Kier molecular flexibility index (Phi) is 1.73. The lowest BCUT2D eigenvalue weighted by atomic mass is 10.2. The van der Waals surface area contributed by atoms with Gasteiger partial charge in [-0.15, -0.1) is 10.2 Å². The SMILES string of the molecule is Cc1cc(C(F)(F)F)cc2nncn12. The molecule has 0 aliphatic heterocycles. The molecule has 2 heterocycles. The molecule has 0 saturated carbocycles. The summed E-state index contributed by atoms with van der Waals surface area (Å²) < 4.78 is 38.5. The number of nitrogens with zero attached hydrogens (tertiary/aromatic N) is 3. The molecule has 14 heavy (non-hydrogen) atoms. The van der Waals surface area contributed by atoms with Crippen molar-refractivity contribution in [3.05, 3.63) is 29.7 Å². The molecule has 3 nitrogen and oxygen atoms in total. The molecule has 0 aliphatic carbocycles. The van der Waals surface area contributed by atoms with Gasteiger partial charge in [-0.05, 0) is 19.1 Å². The lowest BCUT2D eigenvalue weighted by Gasteiger charge is -2.07. The van der Waals surface area contributed by atoms with E-state index in [1.54, 1.807) is 6.92 Å². The van der Waals surface area contributed by atoms with Crippen molar-refractivity contribution in [2.24, 2.45) is 0 Å². The van der Waals surface area contributed by atoms with Crippen LogP contribution in [0.15, 0.2) is 18.5 Å².